The first-order valence-corrected chi connectivity index (χ1v) is 7.60. The van der Waals surface area contributed by atoms with Gasteiger partial charge in [0.25, 0.3) is 5.91 Å². The number of thiophene rings is 1. The molecule has 0 atom stereocenters. The summed E-state index contributed by atoms with van der Waals surface area (Å²) in [6, 6.07) is 8.87. The van der Waals surface area contributed by atoms with E-state index in [1.165, 1.54) is 12.1 Å². The summed E-state index contributed by atoms with van der Waals surface area (Å²) in [5.74, 6) is -0.542. The van der Waals surface area contributed by atoms with Gasteiger partial charge in [-0.1, -0.05) is 6.07 Å². The van der Waals surface area contributed by atoms with Gasteiger partial charge in [-0.3, -0.25) is 4.79 Å². The van der Waals surface area contributed by atoms with E-state index >= 15 is 0 Å². The fraction of sp³-hybridized carbons (Fsp3) is 0.250. The summed E-state index contributed by atoms with van der Waals surface area (Å²) in [5.41, 5.74) is 2.25. The summed E-state index contributed by atoms with van der Waals surface area (Å²) in [5, 5.41) is 11.5. The van der Waals surface area contributed by atoms with Gasteiger partial charge in [0.05, 0.1) is 11.4 Å². The standard InChI is InChI=1S/C16H17NO4S/c1-10-7-11(2)9-12(8-10)21-6-5-17-15(18)13-3-4-14(22-13)16(19)20/h3-4,7-9H,5-6H2,1-2H3,(H,17,18)(H,19,20). The number of hydrogen-bond acceptors (Lipinski definition) is 4. The van der Waals surface area contributed by atoms with Crippen LogP contribution in [0.3, 0.4) is 0 Å². The van der Waals surface area contributed by atoms with Crippen LogP contribution in [0.25, 0.3) is 0 Å². The maximum atomic E-state index is 11.9. The van der Waals surface area contributed by atoms with Crippen LogP contribution >= 0.6 is 11.3 Å². The van der Waals surface area contributed by atoms with Crippen LogP contribution in [0.15, 0.2) is 30.3 Å². The topological polar surface area (TPSA) is 75.6 Å². The summed E-state index contributed by atoms with van der Waals surface area (Å²) < 4.78 is 5.59. The molecule has 1 amide bonds. The molecule has 0 aliphatic rings. The third-order valence-corrected chi connectivity index (χ3v) is 3.96. The number of carboxylic acid groups (broad SMARTS) is 1. The molecule has 2 rings (SSSR count). The summed E-state index contributed by atoms with van der Waals surface area (Å²) in [6.45, 7) is 4.70. The van der Waals surface area contributed by atoms with E-state index in [4.69, 9.17) is 9.84 Å². The van der Waals surface area contributed by atoms with Crippen molar-refractivity contribution in [3.05, 3.63) is 51.2 Å². The van der Waals surface area contributed by atoms with Crippen molar-refractivity contribution in [3.8, 4) is 5.75 Å². The second kappa shape index (κ2) is 7.09. The molecule has 0 saturated carbocycles. The van der Waals surface area contributed by atoms with Gasteiger partial charge in [-0.05, 0) is 49.2 Å². The molecule has 22 heavy (non-hydrogen) atoms. The fourth-order valence-corrected chi connectivity index (χ4v) is 2.77. The summed E-state index contributed by atoms with van der Waals surface area (Å²) in [4.78, 5) is 23.1. The second-order valence-electron chi connectivity index (χ2n) is 4.90. The van der Waals surface area contributed by atoms with Crippen LogP contribution < -0.4 is 10.1 Å². The van der Waals surface area contributed by atoms with E-state index in [2.05, 4.69) is 11.4 Å². The van der Waals surface area contributed by atoms with Crippen molar-refractivity contribution in [2.45, 2.75) is 13.8 Å². The smallest absolute Gasteiger partial charge is 0.345 e. The molecule has 2 aromatic rings. The van der Waals surface area contributed by atoms with E-state index in [9.17, 15) is 9.59 Å². The van der Waals surface area contributed by atoms with E-state index < -0.39 is 5.97 Å². The molecule has 0 radical (unpaired) electrons. The molecule has 0 saturated heterocycles. The molecule has 1 aromatic heterocycles. The molecular weight excluding hydrogens is 302 g/mol. The van der Waals surface area contributed by atoms with Crippen molar-refractivity contribution in [2.75, 3.05) is 13.2 Å². The number of hydrogen-bond donors (Lipinski definition) is 2. The van der Waals surface area contributed by atoms with E-state index in [0.717, 1.165) is 28.2 Å². The lowest BCUT2D eigenvalue weighted by Crippen LogP contribution is -2.27. The lowest BCUT2D eigenvalue weighted by Gasteiger charge is -2.08. The molecule has 0 bridgehead atoms. The first-order valence-electron chi connectivity index (χ1n) is 6.78. The van der Waals surface area contributed by atoms with Gasteiger partial charge < -0.3 is 15.2 Å². The SMILES string of the molecule is Cc1cc(C)cc(OCCNC(=O)c2ccc(C(=O)O)s2)c1. The average Bonchev–Trinajstić information content (AvgIpc) is 2.92. The minimum Gasteiger partial charge on any atom is -0.492 e. The number of nitrogens with one attached hydrogen (secondary N) is 1. The molecule has 5 nitrogen and oxygen atoms in total. The Morgan fingerprint density at radius 3 is 2.36 bits per heavy atom. The maximum Gasteiger partial charge on any atom is 0.345 e. The summed E-state index contributed by atoms with van der Waals surface area (Å²) in [7, 11) is 0. The van der Waals surface area contributed by atoms with Gasteiger partial charge in [0, 0.05) is 0 Å². The Bertz CT molecular complexity index is 673. The number of carbonyl (C=O) groups excluding carboxylic acids is 1. The first kappa shape index (κ1) is 16.0. The number of carboxylic acids is 1. The molecule has 2 N–H and O–H groups in total. The van der Waals surface area contributed by atoms with Crippen LogP contribution in [0.4, 0.5) is 0 Å². The third kappa shape index (κ3) is 4.33. The minimum atomic E-state index is -1.03. The quantitative estimate of drug-likeness (QED) is 0.803. The highest BCUT2D eigenvalue weighted by Gasteiger charge is 2.12. The van der Waals surface area contributed by atoms with Crippen molar-refractivity contribution in [1.29, 1.82) is 0 Å². The number of aromatic carboxylic acids is 1. The Morgan fingerprint density at radius 2 is 1.77 bits per heavy atom. The molecule has 0 spiro atoms. The lowest BCUT2D eigenvalue weighted by atomic mass is 10.1. The molecule has 0 unspecified atom stereocenters. The Morgan fingerprint density at radius 1 is 1.14 bits per heavy atom. The second-order valence-corrected chi connectivity index (χ2v) is 5.98. The van der Waals surface area contributed by atoms with Crippen LogP contribution in [0, 0.1) is 13.8 Å². The molecule has 0 fully saturated rings. The number of rotatable bonds is 6. The summed E-state index contributed by atoms with van der Waals surface area (Å²) >= 11 is 0.955. The predicted octanol–water partition coefficient (Wildman–Crippen LogP) is 2.87. The van der Waals surface area contributed by atoms with Crippen LogP contribution in [-0.4, -0.2) is 30.1 Å². The molecule has 116 valence electrons. The van der Waals surface area contributed by atoms with Crippen LogP contribution in [-0.2, 0) is 0 Å². The van der Waals surface area contributed by atoms with Gasteiger partial charge in [-0.25, -0.2) is 4.79 Å². The zero-order chi connectivity index (χ0) is 16.1. The first-order chi connectivity index (χ1) is 10.5. The summed E-state index contributed by atoms with van der Waals surface area (Å²) in [6.07, 6.45) is 0. The zero-order valence-corrected chi connectivity index (χ0v) is 13.2. The maximum absolute atomic E-state index is 11.9. The Balaban J connectivity index is 1.80. The highest BCUT2D eigenvalue weighted by atomic mass is 32.1. The monoisotopic (exact) mass is 319 g/mol. The molecular formula is C16H17NO4S. The Hall–Kier alpha value is -2.34. The van der Waals surface area contributed by atoms with E-state index in [1.54, 1.807) is 0 Å². The van der Waals surface area contributed by atoms with E-state index in [1.807, 2.05) is 26.0 Å². The molecule has 0 aliphatic carbocycles. The van der Waals surface area contributed by atoms with Crippen molar-refractivity contribution in [2.24, 2.45) is 0 Å². The number of aryl methyl sites for hydroxylation is 2. The Kier molecular flexibility index (Phi) is 5.16. The number of ether oxygens (including phenoxy) is 1. The predicted molar refractivity (Wildman–Crippen MR) is 85.0 cm³/mol. The van der Waals surface area contributed by atoms with E-state index in [0.29, 0.717) is 18.0 Å². The highest BCUT2D eigenvalue weighted by Crippen LogP contribution is 2.17. The lowest BCUT2D eigenvalue weighted by molar-refractivity contribution is 0.0702. The van der Waals surface area contributed by atoms with Crippen LogP contribution in [0.2, 0.25) is 0 Å². The molecule has 1 heterocycles. The zero-order valence-electron chi connectivity index (χ0n) is 12.4. The highest BCUT2D eigenvalue weighted by molar-refractivity contribution is 7.15. The number of benzene rings is 1. The minimum absolute atomic E-state index is 0.150. The van der Waals surface area contributed by atoms with E-state index in [-0.39, 0.29) is 10.8 Å². The normalized spacial score (nSPS) is 10.3. The molecule has 0 aliphatic heterocycles. The van der Waals surface area contributed by atoms with Gasteiger partial charge in [0.15, 0.2) is 0 Å². The van der Waals surface area contributed by atoms with Gasteiger partial charge in [0.1, 0.15) is 17.2 Å². The fourth-order valence-electron chi connectivity index (χ4n) is 2.01. The number of carbonyl (C=O) groups is 2. The third-order valence-electron chi connectivity index (χ3n) is 2.89. The van der Waals surface area contributed by atoms with Gasteiger partial charge in [0.2, 0.25) is 0 Å². The van der Waals surface area contributed by atoms with Crippen molar-refractivity contribution < 1.29 is 19.4 Å². The molecule has 1 aromatic carbocycles. The van der Waals surface area contributed by atoms with Crippen LogP contribution in [0.1, 0.15) is 30.5 Å². The molecule has 6 heteroatoms. The Labute approximate surface area is 132 Å². The van der Waals surface area contributed by atoms with Gasteiger partial charge in [-0.15, -0.1) is 11.3 Å². The van der Waals surface area contributed by atoms with Gasteiger partial charge in [-0.2, -0.15) is 0 Å². The number of amides is 1. The van der Waals surface area contributed by atoms with Crippen molar-refractivity contribution in [3.63, 3.8) is 0 Å². The van der Waals surface area contributed by atoms with Gasteiger partial charge >= 0.3 is 5.97 Å². The average molecular weight is 319 g/mol. The largest absolute Gasteiger partial charge is 0.492 e. The van der Waals surface area contributed by atoms with Crippen molar-refractivity contribution >= 4 is 23.2 Å². The van der Waals surface area contributed by atoms with Crippen LogP contribution in [0.5, 0.6) is 5.75 Å². The van der Waals surface area contributed by atoms with Crippen molar-refractivity contribution in [1.82, 2.24) is 5.32 Å².